The number of benzene rings is 1. The Morgan fingerprint density at radius 2 is 1.68 bits per heavy atom. The summed E-state index contributed by atoms with van der Waals surface area (Å²) >= 11 is 0. The van der Waals surface area contributed by atoms with Crippen LogP contribution < -0.4 is 27.0 Å². The van der Waals surface area contributed by atoms with E-state index in [1.54, 1.807) is 47.5 Å². The monoisotopic (exact) mass is 987 g/mol. The fraction of sp³-hybridized carbons (Fsp3) is 0.420. The number of carbonyl (C=O) groups excluding carboxylic acids is 7. The third-order valence-corrected chi connectivity index (χ3v) is 12.3. The molecule has 22 heteroatoms. The number of nitrogens with two attached hydrogens (primary N) is 1. The Morgan fingerprint density at radius 3 is 2.40 bits per heavy atom. The summed E-state index contributed by atoms with van der Waals surface area (Å²) in [5, 5.41) is 15.2. The van der Waals surface area contributed by atoms with Crippen molar-refractivity contribution in [2.75, 3.05) is 31.6 Å². The number of urea groups is 1. The van der Waals surface area contributed by atoms with E-state index in [2.05, 4.69) is 36.3 Å². The minimum absolute atomic E-state index is 0.0707. The molecule has 5 aromatic rings. The van der Waals surface area contributed by atoms with Gasteiger partial charge in [-0.15, -0.1) is 0 Å². The number of hydrogen-bond donors (Lipinski definition) is 6. The van der Waals surface area contributed by atoms with E-state index in [0.29, 0.717) is 91.5 Å². The molecule has 72 heavy (non-hydrogen) atoms. The second kappa shape index (κ2) is 24.7. The van der Waals surface area contributed by atoms with Crippen LogP contribution in [0.2, 0.25) is 0 Å². The second-order valence-corrected chi connectivity index (χ2v) is 18.0. The average Bonchev–Trinajstić information content (AvgIpc) is 4.11. The molecule has 2 atom stereocenters. The summed E-state index contributed by atoms with van der Waals surface area (Å²) in [6.45, 7) is 6.89. The topological polar surface area (TPSA) is 290 Å². The molecule has 2 aliphatic rings. The predicted molar refractivity (Wildman–Crippen MR) is 263 cm³/mol. The number of anilines is 1. The van der Waals surface area contributed by atoms with Crippen LogP contribution in [0.5, 0.6) is 0 Å². The minimum atomic E-state index is -1.06. The number of rotatable bonds is 23. The molecular weight excluding hydrogens is 927 g/mol. The number of amides is 8. The number of imide groups is 1. The van der Waals surface area contributed by atoms with Gasteiger partial charge >= 0.3 is 12.1 Å². The Balaban J connectivity index is 0.966. The van der Waals surface area contributed by atoms with Crippen molar-refractivity contribution in [3.63, 3.8) is 0 Å². The van der Waals surface area contributed by atoms with Gasteiger partial charge in [0.05, 0.1) is 17.9 Å². The van der Waals surface area contributed by atoms with Gasteiger partial charge in [-0.3, -0.25) is 38.8 Å². The van der Waals surface area contributed by atoms with E-state index in [-0.39, 0.29) is 68.8 Å². The summed E-state index contributed by atoms with van der Waals surface area (Å²) in [5.41, 5.74) is 10.6. The zero-order valence-corrected chi connectivity index (χ0v) is 40.6. The summed E-state index contributed by atoms with van der Waals surface area (Å²) in [4.78, 5) is 110. The summed E-state index contributed by atoms with van der Waals surface area (Å²) in [7, 11) is 0. The summed E-state index contributed by atoms with van der Waals surface area (Å²) in [6.07, 6.45) is 8.61. The van der Waals surface area contributed by atoms with E-state index in [4.69, 9.17) is 25.2 Å². The molecule has 1 saturated heterocycles. The highest BCUT2D eigenvalue weighted by Crippen LogP contribution is 2.31. The SMILES string of the molecule is Cc1cccc(-c2nc(CN(C(=O)OCc3ccc(NC(=O)C(CCCNC(N)=O)NC(=O)[C@@H](NC(=O)CCCCCN4C(=O)C=CC4=O)C(C)C)cc3)C3CCOCC3)[nH]c2-c2ccc3ncnn3c2)n1. The van der Waals surface area contributed by atoms with Crippen molar-refractivity contribution in [1.29, 1.82) is 0 Å². The molecule has 4 aromatic heterocycles. The number of carbonyl (C=O) groups is 7. The molecule has 0 radical (unpaired) electrons. The average molecular weight is 988 g/mol. The van der Waals surface area contributed by atoms with Gasteiger partial charge in [-0.2, -0.15) is 5.10 Å². The molecule has 1 aromatic carbocycles. The van der Waals surface area contributed by atoms with Gasteiger partial charge in [0.15, 0.2) is 5.65 Å². The van der Waals surface area contributed by atoms with Gasteiger partial charge < -0.3 is 41.5 Å². The number of imidazole rings is 1. The van der Waals surface area contributed by atoms with Crippen LogP contribution in [0.3, 0.4) is 0 Å². The third-order valence-electron chi connectivity index (χ3n) is 12.3. The van der Waals surface area contributed by atoms with Gasteiger partial charge in [-0.05, 0) is 93.3 Å². The van der Waals surface area contributed by atoms with Crippen LogP contribution in [0.1, 0.15) is 82.3 Å². The van der Waals surface area contributed by atoms with Crippen molar-refractivity contribution < 1.29 is 43.0 Å². The van der Waals surface area contributed by atoms with Crippen molar-refractivity contribution in [3.8, 4) is 22.6 Å². The molecule has 2 aliphatic heterocycles. The number of nitrogens with zero attached hydrogens (tertiary/aromatic N) is 7. The highest BCUT2D eigenvalue weighted by atomic mass is 16.6. The number of unbranched alkanes of at least 4 members (excludes halogenated alkanes) is 2. The van der Waals surface area contributed by atoms with Crippen molar-refractivity contribution in [1.82, 2.24) is 55.3 Å². The quantitative estimate of drug-likeness (QED) is 0.0394. The van der Waals surface area contributed by atoms with Gasteiger partial charge in [0.2, 0.25) is 17.7 Å². The lowest BCUT2D eigenvalue weighted by atomic mass is 10.0. The Kier molecular flexibility index (Phi) is 17.8. The molecule has 22 nitrogen and oxygen atoms in total. The molecule has 1 fully saturated rings. The first-order valence-corrected chi connectivity index (χ1v) is 24.1. The molecule has 0 aliphatic carbocycles. The Hall–Kier alpha value is -8.01. The maximum absolute atomic E-state index is 14.0. The lowest BCUT2D eigenvalue weighted by molar-refractivity contribution is -0.137. The number of hydrogen-bond acceptors (Lipinski definition) is 13. The molecule has 0 bridgehead atoms. The minimum Gasteiger partial charge on any atom is -0.445 e. The Morgan fingerprint density at radius 1 is 0.917 bits per heavy atom. The molecule has 380 valence electrons. The van der Waals surface area contributed by atoms with Crippen LogP contribution in [-0.2, 0) is 46.6 Å². The number of fused-ring (bicyclic) bond motifs is 1. The van der Waals surface area contributed by atoms with Gasteiger partial charge in [-0.25, -0.2) is 24.1 Å². The van der Waals surface area contributed by atoms with Gasteiger partial charge in [-0.1, -0.05) is 38.5 Å². The number of aromatic amines is 1. The molecule has 8 amide bonds. The van der Waals surface area contributed by atoms with Gasteiger partial charge in [0, 0.05) is 74.1 Å². The molecule has 7 N–H and O–H groups in total. The maximum Gasteiger partial charge on any atom is 0.410 e. The van der Waals surface area contributed by atoms with E-state index in [1.807, 2.05) is 43.5 Å². The number of pyridine rings is 2. The fourth-order valence-electron chi connectivity index (χ4n) is 8.39. The number of nitrogens with one attached hydrogen (secondary N) is 5. The largest absolute Gasteiger partial charge is 0.445 e. The molecule has 7 rings (SSSR count). The highest BCUT2D eigenvalue weighted by molar-refractivity contribution is 6.12. The molecule has 6 heterocycles. The number of primary amides is 1. The van der Waals surface area contributed by atoms with Gasteiger partial charge in [0.25, 0.3) is 11.8 Å². The molecular formula is C50H61N13O9. The second-order valence-electron chi connectivity index (χ2n) is 18.0. The number of ether oxygens (including phenoxy) is 2. The van der Waals surface area contributed by atoms with Crippen LogP contribution >= 0.6 is 0 Å². The first-order chi connectivity index (χ1) is 34.7. The lowest BCUT2D eigenvalue weighted by Gasteiger charge is -2.33. The molecule has 0 spiro atoms. The highest BCUT2D eigenvalue weighted by Gasteiger charge is 2.31. The van der Waals surface area contributed by atoms with Crippen LogP contribution in [-0.4, -0.2) is 125 Å². The molecule has 0 saturated carbocycles. The maximum atomic E-state index is 14.0. The van der Waals surface area contributed by atoms with Gasteiger partial charge in [0.1, 0.15) is 36.5 Å². The fourth-order valence-corrected chi connectivity index (χ4v) is 8.39. The zero-order chi connectivity index (χ0) is 51.1. The first kappa shape index (κ1) is 51.8. The Bertz CT molecular complexity index is 2750. The number of H-pyrrole nitrogens is 1. The standard InChI is InChI=1S/C50H61N13O9/c1-31(2)44(60-41(64)12-5-4-6-24-61-42(65)19-20-43(61)66)48(68)57-38(11-8-23-52-49(51)69)47(67)56-35-16-13-33(14-17-35)29-72-50(70)62(36-21-25-71-26-22-36)28-39-58-45(34-15-18-40-53-30-54-63(40)27-34)46(59-39)37-10-7-9-32(3)55-37/h7,9-10,13-20,27,30-31,36,38,44H,4-6,8,11-12,21-26,28-29H2,1-3H3,(H,56,67)(H,57,68)(H,58,59)(H,60,64)(H3,51,52,69)/t38?,44-/m0/s1. The van der Waals surface area contributed by atoms with E-state index in [9.17, 15) is 33.6 Å². The van der Waals surface area contributed by atoms with Crippen LogP contribution in [0.15, 0.2) is 79.3 Å². The van der Waals surface area contributed by atoms with E-state index >= 15 is 0 Å². The summed E-state index contributed by atoms with van der Waals surface area (Å²) in [6, 6.07) is 13.3. The van der Waals surface area contributed by atoms with Crippen molar-refractivity contribution in [2.45, 2.75) is 103 Å². The van der Waals surface area contributed by atoms with Crippen LogP contribution in [0, 0.1) is 12.8 Å². The van der Waals surface area contributed by atoms with E-state index < -0.39 is 36.0 Å². The van der Waals surface area contributed by atoms with Crippen molar-refractivity contribution >= 4 is 53.0 Å². The normalized spacial score (nSPS) is 14.6. The summed E-state index contributed by atoms with van der Waals surface area (Å²) < 4.78 is 13.2. The van der Waals surface area contributed by atoms with Crippen molar-refractivity contribution in [3.05, 3.63) is 96.4 Å². The Labute approximate surface area is 415 Å². The third kappa shape index (κ3) is 14.1. The lowest BCUT2D eigenvalue weighted by Crippen LogP contribution is -2.54. The van der Waals surface area contributed by atoms with Crippen LogP contribution in [0.25, 0.3) is 28.3 Å². The van der Waals surface area contributed by atoms with Crippen LogP contribution in [0.4, 0.5) is 15.3 Å². The predicted octanol–water partition coefficient (Wildman–Crippen LogP) is 4.31. The number of aromatic nitrogens is 6. The van der Waals surface area contributed by atoms with E-state index in [1.165, 1.54) is 18.5 Å². The summed E-state index contributed by atoms with van der Waals surface area (Å²) in [5.74, 6) is -1.97. The smallest absolute Gasteiger partial charge is 0.410 e. The molecule has 1 unspecified atom stereocenters. The first-order valence-electron chi connectivity index (χ1n) is 24.1. The number of aryl methyl sites for hydroxylation is 1. The van der Waals surface area contributed by atoms with Crippen molar-refractivity contribution in [2.24, 2.45) is 11.7 Å². The zero-order valence-electron chi connectivity index (χ0n) is 40.6. The van der Waals surface area contributed by atoms with E-state index in [0.717, 1.165) is 16.2 Å².